The molecular weight excluding hydrogens is 348 g/mol. The zero-order chi connectivity index (χ0) is 18.4. The zero-order valence-electron chi connectivity index (χ0n) is 13.6. The molecule has 138 valence electrons. The topological polar surface area (TPSA) is 58.2 Å². The zero-order valence-corrected chi connectivity index (χ0v) is 14.4. The van der Waals surface area contributed by atoms with Gasteiger partial charge >= 0.3 is 6.18 Å². The summed E-state index contributed by atoms with van der Waals surface area (Å²) < 4.78 is 76.4. The highest BCUT2D eigenvalue weighted by Gasteiger charge is 2.34. The summed E-state index contributed by atoms with van der Waals surface area (Å²) in [4.78, 5) is 0. The molecule has 0 saturated heterocycles. The fourth-order valence-electron chi connectivity index (χ4n) is 1.89. The molecule has 0 bridgehead atoms. The highest BCUT2D eigenvalue weighted by atomic mass is 32.2. The van der Waals surface area contributed by atoms with Crippen LogP contribution in [-0.4, -0.2) is 26.8 Å². The minimum absolute atomic E-state index is 0.198. The van der Waals surface area contributed by atoms with E-state index >= 15 is 0 Å². The largest absolute Gasteiger partial charge is 0.419 e. The van der Waals surface area contributed by atoms with E-state index in [2.05, 4.69) is 10.0 Å². The van der Waals surface area contributed by atoms with Crippen molar-refractivity contribution >= 4 is 15.7 Å². The van der Waals surface area contributed by atoms with Crippen LogP contribution in [0.3, 0.4) is 0 Å². The minimum Gasteiger partial charge on any atom is -0.385 e. The van der Waals surface area contributed by atoms with Gasteiger partial charge in [0.05, 0.1) is 10.8 Å². The number of rotatable bonds is 9. The van der Waals surface area contributed by atoms with Gasteiger partial charge in [-0.2, -0.15) is 13.2 Å². The quantitative estimate of drug-likeness (QED) is 0.514. The summed E-state index contributed by atoms with van der Waals surface area (Å²) in [6, 6.07) is 2.78. The summed E-state index contributed by atoms with van der Waals surface area (Å²) in [6.45, 7) is 3.92. The third-order valence-corrected chi connectivity index (χ3v) is 5.23. The fraction of sp³-hybridized carbons (Fsp3) is 0.600. The molecular formula is C15H22F4N2O2S. The van der Waals surface area contributed by atoms with Gasteiger partial charge in [0.1, 0.15) is 5.82 Å². The molecule has 1 rings (SSSR count). The van der Waals surface area contributed by atoms with E-state index in [0.29, 0.717) is 32.4 Å². The lowest BCUT2D eigenvalue weighted by atomic mass is 10.1. The number of anilines is 1. The van der Waals surface area contributed by atoms with Crippen molar-refractivity contribution in [1.82, 2.24) is 4.72 Å². The molecule has 9 heteroatoms. The van der Waals surface area contributed by atoms with E-state index in [1.54, 1.807) is 13.8 Å². The molecule has 0 heterocycles. The molecule has 4 nitrogen and oxygen atoms in total. The summed E-state index contributed by atoms with van der Waals surface area (Å²) in [5.74, 6) is -1.30. The predicted octanol–water partition coefficient (Wildman–Crippen LogP) is 3.75. The third kappa shape index (κ3) is 6.64. The average Bonchev–Trinajstić information content (AvgIpc) is 2.46. The number of alkyl halides is 3. The van der Waals surface area contributed by atoms with Crippen LogP contribution in [0.25, 0.3) is 0 Å². The van der Waals surface area contributed by atoms with Crippen molar-refractivity contribution < 1.29 is 26.0 Å². The van der Waals surface area contributed by atoms with Crippen molar-refractivity contribution in [2.24, 2.45) is 0 Å². The Labute approximate surface area is 139 Å². The maximum atomic E-state index is 13.1. The van der Waals surface area contributed by atoms with Gasteiger partial charge in [0.2, 0.25) is 10.0 Å². The predicted molar refractivity (Wildman–Crippen MR) is 85.8 cm³/mol. The molecule has 24 heavy (non-hydrogen) atoms. The van der Waals surface area contributed by atoms with Crippen molar-refractivity contribution in [1.29, 1.82) is 0 Å². The Bertz CT molecular complexity index is 631. The number of sulfonamides is 1. The Morgan fingerprint density at radius 2 is 1.71 bits per heavy atom. The number of hydrogen-bond acceptors (Lipinski definition) is 3. The Balaban J connectivity index is 2.32. The van der Waals surface area contributed by atoms with Gasteiger partial charge in [0.15, 0.2) is 0 Å². The second-order valence-electron chi connectivity index (χ2n) is 5.67. The second kappa shape index (κ2) is 8.66. The number of unbranched alkanes of at least 4 members (excludes halogenated alkanes) is 2. The molecule has 0 fully saturated rings. The maximum Gasteiger partial charge on any atom is 0.419 e. The van der Waals surface area contributed by atoms with E-state index in [0.717, 1.165) is 12.1 Å². The number of hydrogen-bond donors (Lipinski definition) is 2. The van der Waals surface area contributed by atoms with Gasteiger partial charge in [-0.1, -0.05) is 6.42 Å². The van der Waals surface area contributed by atoms with Gasteiger partial charge in [0, 0.05) is 18.8 Å². The summed E-state index contributed by atoms with van der Waals surface area (Å²) in [5.41, 5.74) is -1.10. The lowest BCUT2D eigenvalue weighted by Gasteiger charge is -2.12. The van der Waals surface area contributed by atoms with Gasteiger partial charge in [-0.15, -0.1) is 0 Å². The highest BCUT2D eigenvalue weighted by molar-refractivity contribution is 7.90. The Morgan fingerprint density at radius 3 is 2.29 bits per heavy atom. The van der Waals surface area contributed by atoms with E-state index in [-0.39, 0.29) is 5.69 Å². The summed E-state index contributed by atoms with van der Waals surface area (Å²) in [7, 11) is -3.26. The molecule has 0 unspecified atom stereocenters. The van der Waals surface area contributed by atoms with Crippen molar-refractivity contribution in [2.45, 2.75) is 44.5 Å². The lowest BCUT2D eigenvalue weighted by molar-refractivity contribution is -0.139. The third-order valence-electron chi connectivity index (χ3n) is 3.38. The van der Waals surface area contributed by atoms with Crippen LogP contribution in [0.1, 0.15) is 38.7 Å². The molecule has 0 aliphatic heterocycles. The van der Waals surface area contributed by atoms with E-state index in [1.807, 2.05) is 0 Å². The Morgan fingerprint density at radius 1 is 1.08 bits per heavy atom. The first-order valence-electron chi connectivity index (χ1n) is 7.63. The normalized spacial score (nSPS) is 12.6. The molecule has 0 radical (unpaired) electrons. The molecule has 0 atom stereocenters. The van der Waals surface area contributed by atoms with Crippen LogP contribution in [0.15, 0.2) is 18.2 Å². The van der Waals surface area contributed by atoms with Crippen molar-refractivity contribution in [2.75, 3.05) is 18.4 Å². The van der Waals surface area contributed by atoms with Crippen LogP contribution in [0.5, 0.6) is 0 Å². The molecule has 0 amide bonds. The van der Waals surface area contributed by atoms with Crippen LogP contribution < -0.4 is 10.0 Å². The van der Waals surface area contributed by atoms with Crippen LogP contribution >= 0.6 is 0 Å². The van der Waals surface area contributed by atoms with Gasteiger partial charge < -0.3 is 5.32 Å². The number of nitrogens with one attached hydrogen (secondary N) is 2. The molecule has 0 saturated carbocycles. The van der Waals surface area contributed by atoms with Crippen LogP contribution in [-0.2, 0) is 16.2 Å². The summed E-state index contributed by atoms with van der Waals surface area (Å²) in [6.07, 6.45) is -2.73. The van der Waals surface area contributed by atoms with Crippen molar-refractivity contribution in [3.63, 3.8) is 0 Å². The van der Waals surface area contributed by atoms with Gasteiger partial charge in [-0.25, -0.2) is 17.5 Å². The molecule has 1 aromatic rings. The summed E-state index contributed by atoms with van der Waals surface area (Å²) in [5, 5.41) is 2.32. The van der Waals surface area contributed by atoms with Gasteiger partial charge in [-0.3, -0.25) is 0 Å². The number of benzene rings is 1. The lowest BCUT2D eigenvalue weighted by Crippen LogP contribution is -2.31. The van der Waals surface area contributed by atoms with E-state index in [1.165, 1.54) is 6.07 Å². The summed E-state index contributed by atoms with van der Waals surface area (Å²) >= 11 is 0. The molecule has 0 spiro atoms. The maximum absolute atomic E-state index is 13.1. The van der Waals surface area contributed by atoms with E-state index in [9.17, 15) is 26.0 Å². The van der Waals surface area contributed by atoms with Crippen molar-refractivity contribution in [3.05, 3.63) is 29.6 Å². The highest BCUT2D eigenvalue weighted by Crippen LogP contribution is 2.32. The average molecular weight is 370 g/mol. The molecule has 2 N–H and O–H groups in total. The SMILES string of the molecule is CC(C)S(=O)(=O)NCCCCCNc1ccc(F)c(C(F)(F)F)c1. The smallest absolute Gasteiger partial charge is 0.385 e. The number of halogens is 4. The monoisotopic (exact) mass is 370 g/mol. The molecule has 1 aromatic carbocycles. The Kier molecular flexibility index (Phi) is 7.47. The molecule has 0 aliphatic carbocycles. The van der Waals surface area contributed by atoms with E-state index in [4.69, 9.17) is 0 Å². The standard InChI is InChI=1S/C15H22F4N2O2S/c1-11(2)24(22,23)21-9-5-3-4-8-20-12-6-7-14(16)13(10-12)15(17,18)19/h6-7,10-11,20-21H,3-5,8-9H2,1-2H3. The minimum atomic E-state index is -4.73. The van der Waals surface area contributed by atoms with Crippen LogP contribution in [0.2, 0.25) is 0 Å². The van der Waals surface area contributed by atoms with Gasteiger partial charge in [-0.05, 0) is 44.9 Å². The van der Waals surface area contributed by atoms with Crippen LogP contribution in [0, 0.1) is 5.82 Å². The fourth-order valence-corrected chi connectivity index (χ4v) is 2.66. The first kappa shape index (κ1) is 20.7. The molecule has 0 aromatic heterocycles. The van der Waals surface area contributed by atoms with E-state index < -0.39 is 32.8 Å². The first-order chi connectivity index (χ1) is 11.0. The van der Waals surface area contributed by atoms with Gasteiger partial charge in [0.25, 0.3) is 0 Å². The van der Waals surface area contributed by atoms with Crippen LogP contribution in [0.4, 0.5) is 23.2 Å². The first-order valence-corrected chi connectivity index (χ1v) is 9.18. The second-order valence-corrected chi connectivity index (χ2v) is 7.99. The Hall–Kier alpha value is -1.35. The molecule has 0 aliphatic rings. The van der Waals surface area contributed by atoms with Crippen molar-refractivity contribution in [3.8, 4) is 0 Å².